The number of aromatic nitrogens is 1. The Bertz CT molecular complexity index is 1560. The molecule has 1 N–H and O–H groups in total. The summed E-state index contributed by atoms with van der Waals surface area (Å²) in [5, 5.41) is 0. The molecule has 4 rings (SSSR count). The summed E-state index contributed by atoms with van der Waals surface area (Å²) in [7, 11) is -4.47. The first-order valence-electron chi connectivity index (χ1n) is 13.6. The summed E-state index contributed by atoms with van der Waals surface area (Å²) in [6, 6.07) is 11.5. The molecule has 0 aliphatic carbocycles. The number of nitrogens with zero attached hydrogens (tertiary/aromatic N) is 3. The molecule has 0 atom stereocenters. The highest BCUT2D eigenvalue weighted by Crippen LogP contribution is 2.34. The summed E-state index contributed by atoms with van der Waals surface area (Å²) in [5.74, 6) is -1.84. The van der Waals surface area contributed by atoms with Gasteiger partial charge in [0.15, 0.2) is 0 Å². The van der Waals surface area contributed by atoms with Crippen LogP contribution >= 0.6 is 0 Å². The van der Waals surface area contributed by atoms with E-state index < -0.39 is 46.0 Å². The number of hydrogen-bond acceptors (Lipinski definition) is 7. The number of carbonyl (C=O) groups is 1. The van der Waals surface area contributed by atoms with E-state index in [0.717, 1.165) is 17.8 Å². The van der Waals surface area contributed by atoms with Gasteiger partial charge in [0.25, 0.3) is 5.91 Å². The van der Waals surface area contributed by atoms with Crippen LogP contribution in [0.25, 0.3) is 11.1 Å². The second-order valence-electron chi connectivity index (χ2n) is 10.2. The lowest BCUT2D eigenvalue weighted by atomic mass is 10.00. The van der Waals surface area contributed by atoms with E-state index in [2.05, 4.69) is 4.98 Å². The van der Waals surface area contributed by atoms with Gasteiger partial charge < -0.3 is 9.64 Å². The monoisotopic (exact) mass is 644 g/mol. The van der Waals surface area contributed by atoms with Gasteiger partial charge >= 0.3 is 12.4 Å². The van der Waals surface area contributed by atoms with Crippen molar-refractivity contribution >= 4 is 21.6 Å². The first-order valence-corrected chi connectivity index (χ1v) is 15.3. The number of benzene rings is 2. The van der Waals surface area contributed by atoms with Gasteiger partial charge in [0.1, 0.15) is 5.75 Å². The number of rotatable bonds is 10. The first-order chi connectivity index (χ1) is 20.6. The lowest BCUT2D eigenvalue weighted by Gasteiger charge is -2.36. The molecule has 3 aromatic rings. The number of sulfonamides is 1. The number of anilines is 1. The Balaban J connectivity index is 1.38. The molecule has 0 bridgehead atoms. The molecule has 2 aromatic carbocycles. The molecular weight excluding hydrogens is 614 g/mol. The van der Waals surface area contributed by atoms with Crippen LogP contribution in [0.4, 0.5) is 32.0 Å². The topological polar surface area (TPSA) is 91.8 Å². The Labute approximate surface area is 250 Å². The highest BCUT2D eigenvalue weighted by molar-refractivity contribution is 7.90. The molecule has 1 aromatic heterocycles. The number of alkyl halides is 6. The van der Waals surface area contributed by atoms with Crippen molar-refractivity contribution < 1.29 is 44.3 Å². The van der Waals surface area contributed by atoms with E-state index in [1.54, 1.807) is 35.9 Å². The smallest absolute Gasteiger partial charge is 0.416 e. The molecule has 1 aliphatic heterocycles. The Morgan fingerprint density at radius 3 is 2.23 bits per heavy atom. The Morgan fingerprint density at radius 1 is 0.932 bits per heavy atom. The van der Waals surface area contributed by atoms with Crippen molar-refractivity contribution in [2.24, 2.45) is 0 Å². The second kappa shape index (κ2) is 13.4. The fourth-order valence-electron chi connectivity index (χ4n) is 4.68. The van der Waals surface area contributed by atoms with Crippen LogP contribution in [-0.2, 0) is 22.7 Å². The van der Waals surface area contributed by atoms with Crippen molar-refractivity contribution in [3.05, 3.63) is 77.6 Å². The van der Waals surface area contributed by atoms with Gasteiger partial charge in [0.2, 0.25) is 10.0 Å². The molecule has 2 heterocycles. The molecule has 0 unspecified atom stereocenters. The lowest BCUT2D eigenvalue weighted by Crippen LogP contribution is -2.46. The largest absolute Gasteiger partial charge is 0.492 e. The van der Waals surface area contributed by atoms with Gasteiger partial charge in [0.05, 0.1) is 30.5 Å². The predicted molar refractivity (Wildman–Crippen MR) is 152 cm³/mol. The van der Waals surface area contributed by atoms with Crippen LogP contribution < -0.4 is 14.4 Å². The van der Waals surface area contributed by atoms with E-state index in [1.165, 1.54) is 24.5 Å². The van der Waals surface area contributed by atoms with Crippen LogP contribution in [0.3, 0.4) is 0 Å². The summed E-state index contributed by atoms with van der Waals surface area (Å²) in [5.41, 5.74) is 1.30. The minimum absolute atomic E-state index is 0.0367. The SMILES string of the molecule is CCOc1cncc(-c2cc(CN3CCN(c4ccc(C(=O)NS(=O)(=O)CCC(F)(F)F)cc4)CC3)cc(C(F)(F)F)c2)c1. The Morgan fingerprint density at radius 2 is 1.61 bits per heavy atom. The van der Waals surface area contributed by atoms with Crippen molar-refractivity contribution in [2.45, 2.75) is 32.2 Å². The van der Waals surface area contributed by atoms with Crippen LogP contribution in [0.15, 0.2) is 60.9 Å². The van der Waals surface area contributed by atoms with E-state index in [1.807, 2.05) is 9.80 Å². The molecule has 0 spiro atoms. The number of amides is 1. The molecule has 1 aliphatic rings. The zero-order valence-corrected chi connectivity index (χ0v) is 24.4. The average molecular weight is 645 g/mol. The van der Waals surface area contributed by atoms with Crippen LogP contribution in [0.1, 0.15) is 34.8 Å². The minimum atomic E-state index is -4.67. The van der Waals surface area contributed by atoms with Crippen LogP contribution in [0.5, 0.6) is 5.75 Å². The van der Waals surface area contributed by atoms with E-state index >= 15 is 0 Å². The van der Waals surface area contributed by atoms with Crippen molar-refractivity contribution in [3.63, 3.8) is 0 Å². The molecule has 8 nitrogen and oxygen atoms in total. The first kappa shape index (κ1) is 33.1. The van der Waals surface area contributed by atoms with Crippen molar-refractivity contribution in [2.75, 3.05) is 43.4 Å². The zero-order chi connectivity index (χ0) is 32.1. The van der Waals surface area contributed by atoms with Gasteiger partial charge in [-0.3, -0.25) is 14.7 Å². The lowest BCUT2D eigenvalue weighted by molar-refractivity contribution is -0.137. The Kier molecular flexibility index (Phi) is 10.1. The van der Waals surface area contributed by atoms with E-state index in [4.69, 9.17) is 4.74 Å². The number of pyridine rings is 1. The third-order valence-corrected chi connectivity index (χ3v) is 8.09. The molecule has 1 fully saturated rings. The van der Waals surface area contributed by atoms with Crippen LogP contribution in [0.2, 0.25) is 0 Å². The summed E-state index contributed by atoms with van der Waals surface area (Å²) >= 11 is 0. The fourth-order valence-corrected chi connectivity index (χ4v) is 5.69. The molecule has 238 valence electrons. The third kappa shape index (κ3) is 9.32. The fraction of sp³-hybridized carbons (Fsp3) is 0.379. The van der Waals surface area contributed by atoms with Crippen LogP contribution in [0, 0.1) is 0 Å². The molecule has 15 heteroatoms. The maximum absolute atomic E-state index is 13.8. The number of halogens is 6. The summed E-state index contributed by atoms with van der Waals surface area (Å²) < 4.78 is 109. The highest BCUT2D eigenvalue weighted by atomic mass is 32.2. The third-order valence-electron chi connectivity index (χ3n) is 6.85. The van der Waals surface area contributed by atoms with Gasteiger partial charge in [-0.25, -0.2) is 13.1 Å². The van der Waals surface area contributed by atoms with Gasteiger partial charge in [-0.15, -0.1) is 0 Å². The number of piperazine rings is 1. The van der Waals surface area contributed by atoms with Gasteiger partial charge in [-0.05, 0) is 66.6 Å². The number of carbonyl (C=O) groups excluding carboxylic acids is 1. The normalized spacial score (nSPS) is 14.8. The van der Waals surface area contributed by atoms with Gasteiger partial charge in [-0.2, -0.15) is 26.3 Å². The highest BCUT2D eigenvalue weighted by Gasteiger charge is 2.32. The predicted octanol–water partition coefficient (Wildman–Crippen LogP) is 5.50. The van der Waals surface area contributed by atoms with Gasteiger partial charge in [-0.1, -0.05) is 0 Å². The maximum Gasteiger partial charge on any atom is 0.416 e. The molecule has 0 radical (unpaired) electrons. The van der Waals surface area contributed by atoms with E-state index in [9.17, 15) is 39.6 Å². The summed E-state index contributed by atoms with van der Waals surface area (Å²) in [6.45, 7) is 4.60. The van der Waals surface area contributed by atoms with Gasteiger partial charge in [0, 0.05) is 55.7 Å². The minimum Gasteiger partial charge on any atom is -0.492 e. The average Bonchev–Trinajstić information content (AvgIpc) is 2.96. The quantitative estimate of drug-likeness (QED) is 0.292. The van der Waals surface area contributed by atoms with Crippen molar-refractivity contribution in [3.8, 4) is 16.9 Å². The number of ether oxygens (including phenoxy) is 1. The molecule has 0 saturated carbocycles. The summed E-state index contributed by atoms with van der Waals surface area (Å²) in [6.07, 6.45) is -7.80. The second-order valence-corrected chi connectivity index (χ2v) is 12.0. The zero-order valence-electron chi connectivity index (χ0n) is 23.6. The van der Waals surface area contributed by atoms with Crippen molar-refractivity contribution in [1.82, 2.24) is 14.6 Å². The number of hydrogen-bond donors (Lipinski definition) is 1. The van der Waals surface area contributed by atoms with E-state index in [-0.39, 0.29) is 12.1 Å². The van der Waals surface area contributed by atoms with Crippen LogP contribution in [-0.4, -0.2) is 68.9 Å². The van der Waals surface area contributed by atoms with Crippen molar-refractivity contribution in [1.29, 1.82) is 0 Å². The number of nitrogens with one attached hydrogen (secondary N) is 1. The molecule has 1 saturated heterocycles. The summed E-state index contributed by atoms with van der Waals surface area (Å²) in [4.78, 5) is 20.4. The van der Waals surface area contributed by atoms with E-state index in [0.29, 0.717) is 55.2 Å². The Hall–Kier alpha value is -3.85. The molecule has 1 amide bonds. The molecule has 44 heavy (non-hydrogen) atoms. The molecular formula is C29H30F6N4O4S. The standard InChI is InChI=1S/C29H30F6N4O4S/c1-2-43-26-16-23(17-36-18-26)22-13-20(14-24(15-22)29(33,34)35)19-38-8-10-39(11-9-38)25-5-3-21(4-6-25)27(40)37-44(41,42)12-7-28(30,31)32/h3-6,13-18H,2,7-12,19H2,1H3,(H,37,40). The maximum atomic E-state index is 13.8.